The molecule has 10 nitrogen and oxygen atoms in total. The Balaban J connectivity index is 1.84. The number of hydrogen-bond acceptors (Lipinski definition) is 9. The van der Waals surface area contributed by atoms with E-state index in [1.54, 1.807) is 13.2 Å². The molecule has 0 aliphatic heterocycles. The van der Waals surface area contributed by atoms with Crippen molar-refractivity contribution >= 4 is 47.3 Å². The van der Waals surface area contributed by atoms with Crippen molar-refractivity contribution < 1.29 is 31.1 Å². The fourth-order valence-electron chi connectivity index (χ4n) is 3.12. The van der Waals surface area contributed by atoms with E-state index in [2.05, 4.69) is 10.3 Å². The van der Waals surface area contributed by atoms with Crippen molar-refractivity contribution in [3.8, 4) is 16.9 Å². The summed E-state index contributed by atoms with van der Waals surface area (Å²) in [5, 5.41) is 5.79. The minimum Gasteiger partial charge on any atom is -0.491 e. The van der Waals surface area contributed by atoms with Gasteiger partial charge >= 0.3 is 0 Å². The smallest absolute Gasteiger partial charge is 0.245 e. The van der Waals surface area contributed by atoms with Gasteiger partial charge in [0.15, 0.2) is 15.1 Å². The molecular weight excluding hydrogens is 502 g/mol. The molecule has 0 radical (unpaired) electrons. The number of nitrogens with two attached hydrogens (primary N) is 1. The molecule has 1 unspecified atom stereocenters. The first-order chi connectivity index (χ1) is 16.0. The van der Waals surface area contributed by atoms with E-state index >= 15 is 0 Å². The number of primary sulfonamides is 1. The number of thiazole rings is 1. The van der Waals surface area contributed by atoms with Crippen molar-refractivity contribution in [3.63, 3.8) is 0 Å². The van der Waals surface area contributed by atoms with Crippen molar-refractivity contribution in [1.29, 1.82) is 0 Å². The summed E-state index contributed by atoms with van der Waals surface area (Å²) in [7, 11) is -6.07. The molecule has 13 heteroatoms. The van der Waals surface area contributed by atoms with E-state index in [9.17, 15) is 21.6 Å². The number of nitrogens with one attached hydrogen (secondary N) is 1. The number of aromatic nitrogens is 1. The van der Waals surface area contributed by atoms with Crippen molar-refractivity contribution in [1.82, 2.24) is 10.3 Å². The van der Waals surface area contributed by atoms with Gasteiger partial charge in [0.05, 0.1) is 22.6 Å². The second-order valence-electron chi connectivity index (χ2n) is 7.47. The Labute approximate surface area is 202 Å². The molecule has 1 amide bonds. The summed E-state index contributed by atoms with van der Waals surface area (Å²) >= 11 is 1.09. The number of rotatable bonds is 11. The van der Waals surface area contributed by atoms with Crippen LogP contribution in [0.2, 0.25) is 0 Å². The van der Waals surface area contributed by atoms with Gasteiger partial charge in [-0.2, -0.15) is 0 Å². The van der Waals surface area contributed by atoms with E-state index < -0.39 is 36.8 Å². The Bertz CT molecular complexity index is 1370. The van der Waals surface area contributed by atoms with Gasteiger partial charge in [0.1, 0.15) is 17.4 Å². The summed E-state index contributed by atoms with van der Waals surface area (Å²) in [6, 6.07) is 13.0. The lowest BCUT2D eigenvalue weighted by Gasteiger charge is -2.12. The Morgan fingerprint density at radius 3 is 2.38 bits per heavy atom. The first-order valence-corrected chi connectivity index (χ1v) is 14.6. The summed E-state index contributed by atoms with van der Waals surface area (Å²) in [5.74, 6) is -0.643. The third-order valence-electron chi connectivity index (χ3n) is 4.73. The summed E-state index contributed by atoms with van der Waals surface area (Å²) in [6.45, 7) is 0.636. The van der Waals surface area contributed by atoms with Crippen LogP contribution in [0.3, 0.4) is 0 Å². The number of carbonyl (C=O) groups excluding carboxylic acids is 1. The maximum absolute atomic E-state index is 12.6. The van der Waals surface area contributed by atoms with E-state index in [0.717, 1.165) is 28.7 Å². The van der Waals surface area contributed by atoms with Gasteiger partial charge in [0.2, 0.25) is 15.9 Å². The predicted molar refractivity (Wildman–Crippen MR) is 131 cm³/mol. The third kappa shape index (κ3) is 6.96. The highest BCUT2D eigenvalue weighted by Crippen LogP contribution is 2.33. The number of sulfone groups is 1. The fourth-order valence-corrected chi connectivity index (χ4v) is 6.05. The van der Waals surface area contributed by atoms with Crippen LogP contribution in [0.1, 0.15) is 10.3 Å². The molecule has 0 aliphatic carbocycles. The topological polar surface area (TPSA) is 155 Å². The van der Waals surface area contributed by atoms with Crippen molar-refractivity contribution in [3.05, 3.63) is 47.5 Å². The van der Waals surface area contributed by atoms with Crippen LogP contribution in [-0.2, 0) is 29.4 Å². The standard InChI is InChI=1S/C21H25N3O7S3/c1-30-10-11-31-16-6-3-14(4-7-16)15-5-8-17-18(13-15)32-21(24-17)19(33(2,26)27)20(25)23-9-12-34(22,28)29/h3-8,13,19H,9-12H2,1-2H3,(H,23,25)(H2,22,28,29). The zero-order chi connectivity index (χ0) is 24.9. The molecular formula is C21H25N3O7S3. The van der Waals surface area contributed by atoms with E-state index in [1.165, 1.54) is 0 Å². The number of fused-ring (bicyclic) bond motifs is 1. The molecule has 184 valence electrons. The maximum atomic E-state index is 12.6. The lowest BCUT2D eigenvalue weighted by Crippen LogP contribution is -2.37. The highest BCUT2D eigenvalue weighted by Gasteiger charge is 2.34. The summed E-state index contributed by atoms with van der Waals surface area (Å²) in [6.07, 6.45) is 0.935. The Kier molecular flexibility index (Phi) is 8.25. The highest BCUT2D eigenvalue weighted by atomic mass is 32.2. The normalized spacial score (nSPS) is 13.0. The molecule has 1 aromatic heterocycles. The number of sulfonamides is 1. The van der Waals surface area contributed by atoms with E-state index in [-0.39, 0.29) is 11.6 Å². The van der Waals surface area contributed by atoms with Crippen LogP contribution in [0.4, 0.5) is 0 Å². The molecule has 0 spiro atoms. The maximum Gasteiger partial charge on any atom is 0.245 e. The van der Waals surface area contributed by atoms with Crippen LogP contribution in [0, 0.1) is 0 Å². The Hall–Kier alpha value is -2.58. The number of benzene rings is 2. The SMILES string of the molecule is COCCOc1ccc(-c2ccc3nc(C(C(=O)NCCS(N)(=O)=O)S(C)(=O)=O)sc3c2)cc1. The molecule has 34 heavy (non-hydrogen) atoms. The van der Waals surface area contributed by atoms with Crippen molar-refractivity contribution in [2.45, 2.75) is 5.25 Å². The molecule has 3 aromatic rings. The van der Waals surface area contributed by atoms with Crippen molar-refractivity contribution in [2.24, 2.45) is 5.14 Å². The second kappa shape index (κ2) is 10.8. The van der Waals surface area contributed by atoms with Crippen LogP contribution < -0.4 is 15.2 Å². The predicted octanol–water partition coefficient (Wildman–Crippen LogP) is 1.48. The zero-order valence-electron chi connectivity index (χ0n) is 18.6. The van der Waals surface area contributed by atoms with E-state index in [0.29, 0.717) is 29.2 Å². The average Bonchev–Trinajstić information content (AvgIpc) is 3.14. The van der Waals surface area contributed by atoms with Gasteiger partial charge in [-0.05, 0) is 35.4 Å². The quantitative estimate of drug-likeness (QED) is 0.355. The van der Waals surface area contributed by atoms with Crippen LogP contribution in [0.5, 0.6) is 5.75 Å². The number of hydrogen-bond donors (Lipinski definition) is 2. The van der Waals surface area contributed by atoms with Gasteiger partial charge in [-0.25, -0.2) is 27.0 Å². The number of methoxy groups -OCH3 is 1. The van der Waals surface area contributed by atoms with Crippen LogP contribution in [0.15, 0.2) is 42.5 Å². The lowest BCUT2D eigenvalue weighted by atomic mass is 10.1. The molecule has 1 heterocycles. The van der Waals surface area contributed by atoms with Gasteiger partial charge < -0.3 is 14.8 Å². The van der Waals surface area contributed by atoms with Gasteiger partial charge in [-0.15, -0.1) is 11.3 Å². The minimum atomic E-state index is -3.88. The molecule has 3 N–H and O–H groups in total. The van der Waals surface area contributed by atoms with E-state index in [4.69, 9.17) is 14.6 Å². The van der Waals surface area contributed by atoms with Crippen molar-refractivity contribution in [2.75, 3.05) is 38.9 Å². The number of carbonyl (C=O) groups is 1. The molecule has 2 aromatic carbocycles. The molecule has 0 fully saturated rings. The highest BCUT2D eigenvalue weighted by molar-refractivity contribution is 7.91. The molecule has 0 bridgehead atoms. The van der Waals surface area contributed by atoms with Crippen LogP contribution in [0.25, 0.3) is 21.3 Å². The first-order valence-electron chi connectivity index (χ1n) is 10.1. The van der Waals surface area contributed by atoms with Gasteiger partial charge in [0.25, 0.3) is 0 Å². The largest absolute Gasteiger partial charge is 0.491 e. The third-order valence-corrected chi connectivity index (χ3v) is 8.02. The van der Waals surface area contributed by atoms with Crippen LogP contribution in [-0.4, -0.2) is 66.6 Å². The summed E-state index contributed by atoms with van der Waals surface area (Å²) in [4.78, 5) is 16.9. The van der Waals surface area contributed by atoms with Gasteiger partial charge in [-0.3, -0.25) is 4.79 Å². The lowest BCUT2D eigenvalue weighted by molar-refractivity contribution is -0.120. The molecule has 3 rings (SSSR count). The monoisotopic (exact) mass is 527 g/mol. The minimum absolute atomic E-state index is 0.102. The van der Waals surface area contributed by atoms with E-state index in [1.807, 2.05) is 36.4 Å². The fraction of sp³-hybridized carbons (Fsp3) is 0.333. The number of ether oxygens (including phenoxy) is 2. The van der Waals surface area contributed by atoms with Gasteiger partial charge in [-0.1, -0.05) is 18.2 Å². The molecule has 1 atom stereocenters. The average molecular weight is 528 g/mol. The zero-order valence-corrected chi connectivity index (χ0v) is 21.0. The van der Waals surface area contributed by atoms with Crippen LogP contribution >= 0.6 is 11.3 Å². The Morgan fingerprint density at radius 1 is 1.09 bits per heavy atom. The molecule has 0 aliphatic rings. The number of nitrogens with zero attached hydrogens (tertiary/aromatic N) is 1. The van der Waals surface area contributed by atoms with Gasteiger partial charge in [0, 0.05) is 19.9 Å². The summed E-state index contributed by atoms with van der Waals surface area (Å²) < 4.78 is 58.1. The summed E-state index contributed by atoms with van der Waals surface area (Å²) in [5.41, 5.74) is 2.37. The molecule has 0 saturated carbocycles. The first kappa shape index (κ1) is 26.0. The second-order valence-corrected chi connectivity index (χ2v) is 12.4. The molecule has 0 saturated heterocycles. The Morgan fingerprint density at radius 2 is 1.76 bits per heavy atom. The number of amides is 1.